The molecule has 0 bridgehead atoms. The van der Waals surface area contributed by atoms with Gasteiger partial charge in [-0.2, -0.15) is 8.42 Å². The molecule has 0 rings (SSSR count). The molecule has 0 atom stereocenters. The number of hydrogen-bond acceptors (Lipinski definition) is 6. The highest BCUT2D eigenvalue weighted by Crippen LogP contribution is 2.22. The number of hydrogen-bond donors (Lipinski definition) is 1. The average Bonchev–Trinajstić information content (AvgIpc) is 2.13. The summed E-state index contributed by atoms with van der Waals surface area (Å²) < 4.78 is 38.5. The van der Waals surface area contributed by atoms with Gasteiger partial charge in [0.25, 0.3) is 15.9 Å². The second-order valence-electron chi connectivity index (χ2n) is 4.94. The average molecular weight is 294 g/mol. The van der Waals surface area contributed by atoms with Crippen molar-refractivity contribution in [2.75, 3.05) is 0 Å². The molecule has 0 aromatic carbocycles. The second kappa shape index (κ2) is 5.30. The first-order valence-corrected chi connectivity index (χ1v) is 6.74. The first-order chi connectivity index (χ1) is 8.21. The van der Waals surface area contributed by atoms with Crippen molar-refractivity contribution >= 4 is 22.1 Å². The zero-order valence-corrected chi connectivity index (χ0v) is 12.3. The molecule has 0 spiro atoms. The van der Waals surface area contributed by atoms with E-state index in [4.69, 9.17) is 14.0 Å². The molecule has 0 aromatic rings. The van der Waals surface area contributed by atoms with Gasteiger partial charge in [-0.05, 0) is 20.8 Å². The summed E-state index contributed by atoms with van der Waals surface area (Å²) in [4.78, 5) is 23.0. The molecule has 7 nitrogen and oxygen atoms in total. The SMILES string of the molecule is C=C(C)C(=O)OC(C)(C)OC(=O)C(C)(C)S(=O)(=O)O. The lowest BCUT2D eigenvalue weighted by Crippen LogP contribution is -2.46. The van der Waals surface area contributed by atoms with E-state index in [0.717, 1.165) is 13.8 Å². The Balaban J connectivity index is 5.01. The summed E-state index contributed by atoms with van der Waals surface area (Å²) in [6, 6.07) is 0. The van der Waals surface area contributed by atoms with Crippen LogP contribution in [0.3, 0.4) is 0 Å². The fourth-order valence-corrected chi connectivity index (χ4v) is 1.03. The van der Waals surface area contributed by atoms with Crippen LogP contribution in [0.5, 0.6) is 0 Å². The van der Waals surface area contributed by atoms with E-state index in [-0.39, 0.29) is 5.57 Å². The van der Waals surface area contributed by atoms with E-state index < -0.39 is 32.6 Å². The molecule has 8 heteroatoms. The molecule has 19 heavy (non-hydrogen) atoms. The molecule has 0 aliphatic carbocycles. The van der Waals surface area contributed by atoms with Gasteiger partial charge < -0.3 is 9.47 Å². The lowest BCUT2D eigenvalue weighted by atomic mass is 10.2. The van der Waals surface area contributed by atoms with E-state index in [2.05, 4.69) is 6.58 Å². The van der Waals surface area contributed by atoms with Gasteiger partial charge in [0.2, 0.25) is 0 Å². The summed E-state index contributed by atoms with van der Waals surface area (Å²) in [7, 11) is -4.65. The number of rotatable bonds is 5. The topological polar surface area (TPSA) is 107 Å². The third kappa shape index (κ3) is 4.64. The van der Waals surface area contributed by atoms with E-state index >= 15 is 0 Å². The molecule has 0 unspecified atom stereocenters. The van der Waals surface area contributed by atoms with Crippen molar-refractivity contribution in [3.05, 3.63) is 12.2 Å². The Hall–Kier alpha value is -1.41. The van der Waals surface area contributed by atoms with Crippen molar-refractivity contribution < 1.29 is 32.0 Å². The monoisotopic (exact) mass is 294 g/mol. The van der Waals surface area contributed by atoms with Crippen LogP contribution in [0.4, 0.5) is 0 Å². The minimum Gasteiger partial charge on any atom is -0.422 e. The Morgan fingerprint density at radius 2 is 1.53 bits per heavy atom. The lowest BCUT2D eigenvalue weighted by Gasteiger charge is -2.28. The van der Waals surface area contributed by atoms with Crippen molar-refractivity contribution in [2.45, 2.75) is 45.2 Å². The van der Waals surface area contributed by atoms with Gasteiger partial charge in [-0.3, -0.25) is 9.35 Å². The molecule has 0 amide bonds. The maximum absolute atomic E-state index is 11.7. The quantitative estimate of drug-likeness (QED) is 0.349. The van der Waals surface area contributed by atoms with E-state index in [0.29, 0.717) is 0 Å². The Morgan fingerprint density at radius 1 is 1.11 bits per heavy atom. The molecule has 0 fully saturated rings. The number of carbonyl (C=O) groups excluding carboxylic acids is 2. The summed E-state index contributed by atoms with van der Waals surface area (Å²) in [5.41, 5.74) is 0.0955. The first kappa shape index (κ1) is 17.6. The van der Waals surface area contributed by atoms with Crippen molar-refractivity contribution in [3.63, 3.8) is 0 Å². The molecule has 0 aromatic heterocycles. The van der Waals surface area contributed by atoms with E-state index in [1.807, 2.05) is 0 Å². The van der Waals surface area contributed by atoms with Gasteiger partial charge in [-0.1, -0.05) is 6.58 Å². The van der Waals surface area contributed by atoms with Crippen LogP contribution in [-0.2, 0) is 29.2 Å². The number of ether oxygens (including phenoxy) is 2. The molecule has 0 aliphatic rings. The van der Waals surface area contributed by atoms with Crippen LogP contribution in [0.2, 0.25) is 0 Å². The van der Waals surface area contributed by atoms with Crippen LogP contribution in [-0.4, -0.2) is 35.4 Å². The molecular weight excluding hydrogens is 276 g/mol. The van der Waals surface area contributed by atoms with Gasteiger partial charge in [-0.15, -0.1) is 0 Å². The van der Waals surface area contributed by atoms with Gasteiger partial charge in [0, 0.05) is 19.4 Å². The molecule has 0 radical (unpaired) electrons. The minimum atomic E-state index is -4.65. The third-order valence-corrected chi connectivity index (χ3v) is 3.62. The number of carbonyl (C=O) groups is 2. The summed E-state index contributed by atoms with van der Waals surface area (Å²) >= 11 is 0. The van der Waals surface area contributed by atoms with Crippen molar-refractivity contribution in [2.24, 2.45) is 0 Å². The van der Waals surface area contributed by atoms with E-state index in [1.54, 1.807) is 0 Å². The highest BCUT2D eigenvalue weighted by Gasteiger charge is 2.45. The van der Waals surface area contributed by atoms with Crippen LogP contribution >= 0.6 is 0 Å². The van der Waals surface area contributed by atoms with Crippen molar-refractivity contribution in [1.29, 1.82) is 0 Å². The van der Waals surface area contributed by atoms with Gasteiger partial charge >= 0.3 is 11.9 Å². The number of esters is 2. The molecule has 110 valence electrons. The normalized spacial score (nSPS) is 12.7. The zero-order valence-electron chi connectivity index (χ0n) is 11.5. The van der Waals surface area contributed by atoms with Crippen LogP contribution in [0.1, 0.15) is 34.6 Å². The molecule has 0 aliphatic heterocycles. The second-order valence-corrected chi connectivity index (χ2v) is 6.92. The first-order valence-electron chi connectivity index (χ1n) is 5.30. The molecule has 0 saturated carbocycles. The summed E-state index contributed by atoms with van der Waals surface area (Å²) in [6.45, 7) is 9.22. The third-order valence-electron chi connectivity index (χ3n) is 2.16. The summed E-state index contributed by atoms with van der Waals surface area (Å²) in [5.74, 6) is -3.72. The fraction of sp³-hybridized carbons (Fsp3) is 0.636. The molecule has 0 heterocycles. The van der Waals surface area contributed by atoms with E-state index in [1.165, 1.54) is 20.8 Å². The largest absolute Gasteiger partial charge is 0.422 e. The maximum Gasteiger partial charge on any atom is 0.336 e. The van der Waals surface area contributed by atoms with Crippen LogP contribution in [0, 0.1) is 0 Å². The van der Waals surface area contributed by atoms with Crippen LogP contribution in [0.15, 0.2) is 12.2 Å². The van der Waals surface area contributed by atoms with Gasteiger partial charge in [0.05, 0.1) is 0 Å². The Morgan fingerprint density at radius 3 is 1.84 bits per heavy atom. The molecule has 0 saturated heterocycles. The molecule has 1 N–H and O–H groups in total. The Bertz CT molecular complexity index is 499. The molecular formula is C11H18O7S. The summed E-state index contributed by atoms with van der Waals surface area (Å²) in [6.07, 6.45) is 0. The van der Waals surface area contributed by atoms with Crippen LogP contribution in [0.25, 0.3) is 0 Å². The van der Waals surface area contributed by atoms with Gasteiger partial charge in [0.15, 0.2) is 4.75 Å². The summed E-state index contributed by atoms with van der Waals surface area (Å²) in [5, 5.41) is 0. The predicted octanol–water partition coefficient (Wildman–Crippen LogP) is 1.05. The highest BCUT2D eigenvalue weighted by atomic mass is 32.2. The van der Waals surface area contributed by atoms with Gasteiger partial charge in [-0.25, -0.2) is 4.79 Å². The van der Waals surface area contributed by atoms with Crippen molar-refractivity contribution in [3.8, 4) is 0 Å². The van der Waals surface area contributed by atoms with E-state index in [9.17, 15) is 18.0 Å². The Labute approximate surface area is 112 Å². The lowest BCUT2D eigenvalue weighted by molar-refractivity contribution is -0.215. The highest BCUT2D eigenvalue weighted by molar-refractivity contribution is 7.88. The van der Waals surface area contributed by atoms with Crippen molar-refractivity contribution in [1.82, 2.24) is 0 Å². The van der Waals surface area contributed by atoms with Crippen LogP contribution < -0.4 is 0 Å². The fourth-order valence-electron chi connectivity index (χ4n) is 0.783. The zero-order chi connectivity index (χ0) is 15.6. The van der Waals surface area contributed by atoms with Gasteiger partial charge in [0.1, 0.15) is 0 Å². The smallest absolute Gasteiger partial charge is 0.336 e. The standard InChI is InChI=1S/C11H18O7S/c1-7(2)8(12)17-11(5,6)18-9(13)10(3,4)19(14,15)16/h1H2,2-6H3,(H,14,15,16). The Kier molecular flexibility index (Phi) is 4.90. The predicted molar refractivity (Wildman–Crippen MR) is 66.7 cm³/mol. The maximum atomic E-state index is 11.7. The minimum absolute atomic E-state index is 0.0955.